The molecule has 1 aliphatic heterocycles. The molecule has 8 nitrogen and oxygen atoms in total. The topological polar surface area (TPSA) is 97.8 Å². The van der Waals surface area contributed by atoms with Gasteiger partial charge in [-0.15, -0.1) is 5.10 Å². The molecule has 9 heteroatoms. The van der Waals surface area contributed by atoms with Crippen molar-refractivity contribution in [1.29, 1.82) is 0 Å². The van der Waals surface area contributed by atoms with Gasteiger partial charge in [0, 0.05) is 36.0 Å². The number of aromatic nitrogens is 2. The van der Waals surface area contributed by atoms with Gasteiger partial charge in [0.15, 0.2) is 5.82 Å². The number of carbonyl (C=O) groups is 1. The van der Waals surface area contributed by atoms with Crippen LogP contribution < -0.4 is 26.5 Å². The molecule has 1 unspecified atom stereocenters. The van der Waals surface area contributed by atoms with Gasteiger partial charge >= 0.3 is 0 Å². The number of anilines is 1. The molecule has 1 fully saturated rings. The van der Waals surface area contributed by atoms with Crippen LogP contribution >= 0.6 is 11.6 Å². The van der Waals surface area contributed by atoms with Crippen LogP contribution in [0.4, 0.5) is 5.82 Å². The fourth-order valence-electron chi connectivity index (χ4n) is 3.66. The number of hydrogen-bond donors (Lipinski definition) is 2. The second-order valence-electron chi connectivity index (χ2n) is 7.65. The largest absolute Gasteiger partial charge is 0.377 e. The Hall–Kier alpha value is -2.94. The average molecular weight is 471 g/mol. The van der Waals surface area contributed by atoms with Gasteiger partial charge in [-0.05, 0) is 43.3 Å². The molecule has 33 heavy (non-hydrogen) atoms. The Balaban J connectivity index is 1.95. The first-order valence-corrected chi connectivity index (χ1v) is 11.4. The highest BCUT2D eigenvalue weighted by molar-refractivity contribution is 6.30. The van der Waals surface area contributed by atoms with E-state index in [9.17, 15) is 4.79 Å². The maximum atomic E-state index is 12.5. The van der Waals surface area contributed by atoms with Gasteiger partial charge in [-0.3, -0.25) is 9.79 Å². The van der Waals surface area contributed by atoms with Crippen molar-refractivity contribution in [3.05, 3.63) is 52.5 Å². The molecule has 3 N–H and O–H groups in total. The molecule has 1 aromatic heterocycles. The second kappa shape index (κ2) is 12.3. The molecule has 2 heterocycles. The highest BCUT2D eigenvalue weighted by Crippen LogP contribution is 2.17. The minimum Gasteiger partial charge on any atom is -0.377 e. The van der Waals surface area contributed by atoms with Crippen molar-refractivity contribution in [3.63, 3.8) is 0 Å². The van der Waals surface area contributed by atoms with Crippen LogP contribution in [0.1, 0.15) is 12.8 Å². The maximum absolute atomic E-state index is 12.5. The number of nitrogens with one attached hydrogen (secondary N) is 1. The molecular weight excluding hydrogens is 440 g/mol. The van der Waals surface area contributed by atoms with E-state index in [0.29, 0.717) is 50.8 Å². The van der Waals surface area contributed by atoms with E-state index in [1.807, 2.05) is 35.0 Å². The molecule has 1 amide bonds. The summed E-state index contributed by atoms with van der Waals surface area (Å²) in [5, 5.41) is 10.1. The molecule has 3 rings (SSSR count). The number of nitrogens with two attached hydrogens (primary N) is 1. The average Bonchev–Trinajstić information content (AvgIpc) is 3.14. The number of rotatable bonds is 10. The predicted molar refractivity (Wildman–Crippen MR) is 135 cm³/mol. The van der Waals surface area contributed by atoms with E-state index in [-0.39, 0.29) is 11.9 Å². The molecule has 1 aliphatic rings. The number of nitrogens with zero attached hydrogens (tertiary/aromatic N) is 4. The van der Waals surface area contributed by atoms with Gasteiger partial charge in [-0.1, -0.05) is 30.8 Å². The molecule has 0 bridgehead atoms. The Labute approximate surface area is 199 Å². The highest BCUT2D eigenvalue weighted by Gasteiger charge is 2.28. The van der Waals surface area contributed by atoms with Gasteiger partial charge in [-0.2, -0.15) is 0 Å². The summed E-state index contributed by atoms with van der Waals surface area (Å²) in [5.41, 5.74) is 6.38. The number of hydrogen-bond acceptors (Lipinski definition) is 6. The second-order valence-corrected chi connectivity index (χ2v) is 8.08. The van der Waals surface area contributed by atoms with E-state index >= 15 is 0 Å². The third-order valence-electron chi connectivity index (χ3n) is 5.30. The summed E-state index contributed by atoms with van der Waals surface area (Å²) in [5.74, 6) is 0.698. The number of allylic oxidation sites excluding steroid dienone is 1. The Morgan fingerprint density at radius 1 is 1.39 bits per heavy atom. The Morgan fingerprint density at radius 3 is 2.91 bits per heavy atom. The van der Waals surface area contributed by atoms with Gasteiger partial charge in [0.2, 0.25) is 5.91 Å². The summed E-state index contributed by atoms with van der Waals surface area (Å²) < 4.78 is 7.52. The first kappa shape index (κ1) is 24.7. The summed E-state index contributed by atoms with van der Waals surface area (Å²) in [6, 6.07) is 7.32. The smallest absolute Gasteiger partial charge is 0.222 e. The summed E-state index contributed by atoms with van der Waals surface area (Å²) in [6.45, 7) is 11.2. The molecule has 176 valence electrons. The number of morpholine rings is 1. The first-order chi connectivity index (χ1) is 16.0. The lowest BCUT2D eigenvalue weighted by Gasteiger charge is -2.35. The zero-order chi connectivity index (χ0) is 23.6. The lowest BCUT2D eigenvalue weighted by molar-refractivity contribution is -0.122. The number of benzene rings is 1. The minimum absolute atomic E-state index is 0.0303. The Morgan fingerprint density at radius 2 is 2.18 bits per heavy atom. The predicted octanol–water partition coefficient (Wildman–Crippen LogP) is 1.03. The lowest BCUT2D eigenvalue weighted by atomic mass is 10.1. The van der Waals surface area contributed by atoms with Crippen LogP contribution in [0.3, 0.4) is 0 Å². The summed E-state index contributed by atoms with van der Waals surface area (Å²) in [4.78, 5) is 18.9. The first-order valence-electron chi connectivity index (χ1n) is 11.0. The zero-order valence-corrected chi connectivity index (χ0v) is 19.5. The van der Waals surface area contributed by atoms with Crippen molar-refractivity contribution in [2.75, 3.05) is 44.3 Å². The Bertz CT molecular complexity index is 1080. The summed E-state index contributed by atoms with van der Waals surface area (Å²) in [6.07, 6.45) is 6.32. The van der Waals surface area contributed by atoms with E-state index in [1.54, 1.807) is 12.3 Å². The monoisotopic (exact) mass is 470 g/mol. The van der Waals surface area contributed by atoms with Crippen molar-refractivity contribution in [2.24, 2.45) is 10.7 Å². The maximum Gasteiger partial charge on any atom is 0.222 e. The van der Waals surface area contributed by atoms with Crippen LogP contribution in [-0.2, 0) is 9.53 Å². The van der Waals surface area contributed by atoms with Crippen LogP contribution in [0.2, 0.25) is 5.02 Å². The Kier molecular flexibility index (Phi) is 9.24. The molecule has 0 spiro atoms. The highest BCUT2D eigenvalue weighted by atomic mass is 35.5. The molecule has 1 atom stereocenters. The molecular formula is C24H31ClN6O2. The summed E-state index contributed by atoms with van der Waals surface area (Å²) >= 11 is 6.08. The van der Waals surface area contributed by atoms with E-state index in [2.05, 4.69) is 28.4 Å². The third kappa shape index (κ3) is 6.54. The van der Waals surface area contributed by atoms with Gasteiger partial charge < -0.3 is 20.7 Å². The molecule has 1 aromatic carbocycles. The normalized spacial score (nSPS) is 17.0. The molecule has 0 aliphatic carbocycles. The fourth-order valence-corrected chi connectivity index (χ4v) is 3.79. The van der Waals surface area contributed by atoms with Gasteiger partial charge in [0.25, 0.3) is 0 Å². The van der Waals surface area contributed by atoms with Crippen molar-refractivity contribution in [2.45, 2.75) is 18.9 Å². The molecule has 2 aromatic rings. The van der Waals surface area contributed by atoms with Crippen molar-refractivity contribution in [3.8, 4) is 5.69 Å². The van der Waals surface area contributed by atoms with Gasteiger partial charge in [0.1, 0.15) is 0 Å². The van der Waals surface area contributed by atoms with Crippen LogP contribution in [0.5, 0.6) is 0 Å². The lowest BCUT2D eigenvalue weighted by Crippen LogP contribution is -2.50. The number of carbonyl (C=O) groups excluding carboxylic acids is 1. The number of halogens is 1. The number of aliphatic imine (C=N–C) groups is 1. The third-order valence-corrected chi connectivity index (χ3v) is 5.55. The van der Waals surface area contributed by atoms with Gasteiger partial charge in [-0.25, -0.2) is 4.68 Å². The van der Waals surface area contributed by atoms with Crippen LogP contribution in [0, 0.1) is 0 Å². The quantitative estimate of drug-likeness (QED) is 0.399. The summed E-state index contributed by atoms with van der Waals surface area (Å²) in [7, 11) is 0. The van der Waals surface area contributed by atoms with Crippen LogP contribution in [0.15, 0.2) is 41.9 Å². The number of amides is 1. The fraction of sp³-hybridized carbons (Fsp3) is 0.375. The van der Waals surface area contributed by atoms with Crippen LogP contribution in [-0.4, -0.2) is 67.3 Å². The van der Waals surface area contributed by atoms with E-state index in [0.717, 1.165) is 28.5 Å². The van der Waals surface area contributed by atoms with Crippen molar-refractivity contribution < 1.29 is 9.53 Å². The van der Waals surface area contributed by atoms with Crippen molar-refractivity contribution >= 4 is 42.2 Å². The van der Waals surface area contributed by atoms with E-state index in [4.69, 9.17) is 27.2 Å². The number of ether oxygens (including phenoxy) is 1. The van der Waals surface area contributed by atoms with E-state index in [1.165, 1.54) is 0 Å². The molecule has 1 saturated heterocycles. The SMILES string of the molecule is C=CC=NCC=c1c(=C)c(N2CCOCC2CC(=O)NCCCN)nn1-c1ccc(Cl)cc1. The van der Waals surface area contributed by atoms with Crippen LogP contribution in [0.25, 0.3) is 18.3 Å². The minimum atomic E-state index is -0.141. The van der Waals surface area contributed by atoms with Gasteiger partial charge in [0.05, 0.1) is 36.8 Å². The standard InChI is InChI=1S/C24H31ClN6O2/c1-3-11-27-13-9-22-18(2)24(29-31(22)20-7-5-19(25)6-8-20)30-14-15-33-17-21(30)16-23(32)28-12-4-10-26/h3,5-9,11,21H,1-2,4,10,12-17,26H2,(H,28,32). The molecule has 0 saturated carbocycles. The molecule has 0 radical (unpaired) electrons. The zero-order valence-electron chi connectivity index (χ0n) is 18.8. The van der Waals surface area contributed by atoms with Crippen molar-refractivity contribution in [1.82, 2.24) is 15.1 Å². The van der Waals surface area contributed by atoms with E-state index < -0.39 is 0 Å².